The van der Waals surface area contributed by atoms with Gasteiger partial charge in [0.05, 0.1) is 25.4 Å². The Morgan fingerprint density at radius 2 is 1.11 bits per heavy atom. The molecule has 1 heterocycles. The van der Waals surface area contributed by atoms with E-state index in [-0.39, 0.29) is 18.9 Å². The minimum Gasteiger partial charge on any atom is -0.394 e. The molecule has 0 aromatic carbocycles. The minimum atomic E-state index is -1.61. The molecule has 0 radical (unpaired) electrons. The van der Waals surface area contributed by atoms with Crippen molar-refractivity contribution in [2.45, 2.75) is 236 Å². The number of aliphatic hydroxyl groups is 6. The number of amides is 1. The largest absolute Gasteiger partial charge is 0.394 e. The van der Waals surface area contributed by atoms with Crippen molar-refractivity contribution in [3.63, 3.8) is 0 Å². The quantitative estimate of drug-likeness (QED) is 0.0250. The number of rotatable bonds is 36. The maximum Gasteiger partial charge on any atom is 0.220 e. The van der Waals surface area contributed by atoms with Gasteiger partial charge in [0.1, 0.15) is 30.5 Å². The first-order chi connectivity index (χ1) is 26.3. The van der Waals surface area contributed by atoms with Crippen LogP contribution < -0.4 is 5.32 Å². The molecule has 8 atom stereocenters. The number of carbonyl (C=O) groups excluding carboxylic acids is 1. The molecule has 0 aromatic heterocycles. The van der Waals surface area contributed by atoms with Gasteiger partial charge >= 0.3 is 0 Å². The fourth-order valence-corrected chi connectivity index (χ4v) is 7.01. The molecule has 318 valence electrons. The third-order valence-corrected chi connectivity index (χ3v) is 10.7. The molecule has 1 fully saturated rings. The lowest BCUT2D eigenvalue weighted by Gasteiger charge is -2.40. The summed E-state index contributed by atoms with van der Waals surface area (Å²) in [5, 5.41) is 65.0. The van der Waals surface area contributed by atoms with Crippen LogP contribution in [0.5, 0.6) is 0 Å². The Morgan fingerprint density at radius 1 is 0.648 bits per heavy atom. The van der Waals surface area contributed by atoms with Gasteiger partial charge < -0.3 is 45.4 Å². The van der Waals surface area contributed by atoms with Gasteiger partial charge in [-0.15, -0.1) is 0 Å². The van der Waals surface area contributed by atoms with E-state index in [0.29, 0.717) is 12.8 Å². The molecule has 5 unspecified atom stereocenters. The van der Waals surface area contributed by atoms with E-state index in [0.717, 1.165) is 57.8 Å². The first-order valence-corrected chi connectivity index (χ1v) is 22.2. The highest BCUT2D eigenvalue weighted by molar-refractivity contribution is 5.76. The SMILES string of the molecule is CCCCCCC=CC=CCCCCCCCCCC(=O)N[C@@H](COC1OC(CO)C(O)C(O)C1O)[C@H](O)[C@H](O)CCCCCCCCCCCCCC. The predicted molar refractivity (Wildman–Crippen MR) is 218 cm³/mol. The number of hydrogen-bond donors (Lipinski definition) is 7. The minimum absolute atomic E-state index is 0.268. The highest BCUT2D eigenvalue weighted by Crippen LogP contribution is 2.23. The van der Waals surface area contributed by atoms with Gasteiger partial charge in [0, 0.05) is 6.42 Å². The molecular formula is C44H83NO9. The summed E-state index contributed by atoms with van der Waals surface area (Å²) < 4.78 is 11.1. The molecule has 1 amide bonds. The van der Waals surface area contributed by atoms with Crippen molar-refractivity contribution in [3.05, 3.63) is 24.3 Å². The highest BCUT2D eigenvalue weighted by Gasteiger charge is 2.44. The van der Waals surface area contributed by atoms with Crippen molar-refractivity contribution < 1.29 is 44.9 Å². The van der Waals surface area contributed by atoms with E-state index in [1.165, 1.54) is 96.3 Å². The molecular weight excluding hydrogens is 686 g/mol. The standard InChI is InChI=1S/C44H83NO9/c1-3-5-7-9-11-13-15-17-18-19-20-21-23-25-27-29-31-33-39(48)45-36(35-53-44-43(52)42(51)41(50)38(34-46)54-44)40(49)37(47)32-30-28-26-24-22-16-14-12-10-8-6-4-2/h13,15,17-18,36-38,40-44,46-47,49-52H,3-12,14,16,19-35H2,1-2H3,(H,45,48)/t36-,37+,38?,40-,41?,42?,43?,44?/m0/s1. The lowest BCUT2D eigenvalue weighted by atomic mass is 9.98. The number of aliphatic hydroxyl groups excluding tert-OH is 6. The predicted octanol–water partition coefficient (Wildman–Crippen LogP) is 7.69. The summed E-state index contributed by atoms with van der Waals surface area (Å²) in [6.45, 7) is 3.56. The number of carbonyl (C=O) groups is 1. The Morgan fingerprint density at radius 3 is 1.63 bits per heavy atom. The zero-order chi connectivity index (χ0) is 39.7. The Hall–Kier alpha value is -1.37. The Balaban J connectivity index is 2.42. The lowest BCUT2D eigenvalue weighted by Crippen LogP contribution is -2.60. The van der Waals surface area contributed by atoms with Crippen LogP contribution in [0.15, 0.2) is 24.3 Å². The Labute approximate surface area is 329 Å². The molecule has 0 aliphatic carbocycles. The summed E-state index contributed by atoms with van der Waals surface area (Å²) in [4.78, 5) is 13.0. The summed E-state index contributed by atoms with van der Waals surface area (Å²) >= 11 is 0. The number of allylic oxidation sites excluding steroid dienone is 4. The van der Waals surface area contributed by atoms with Crippen molar-refractivity contribution in [1.82, 2.24) is 5.32 Å². The molecule has 10 nitrogen and oxygen atoms in total. The van der Waals surface area contributed by atoms with Gasteiger partial charge in [-0.1, -0.05) is 167 Å². The number of hydrogen-bond acceptors (Lipinski definition) is 9. The number of unbranched alkanes of at least 4 members (excludes halogenated alkanes) is 22. The second-order valence-corrected chi connectivity index (χ2v) is 15.7. The van der Waals surface area contributed by atoms with Gasteiger partial charge in [-0.05, 0) is 38.5 Å². The maximum atomic E-state index is 13.0. The van der Waals surface area contributed by atoms with E-state index < -0.39 is 55.6 Å². The zero-order valence-electron chi connectivity index (χ0n) is 34.3. The normalized spacial score (nSPS) is 22.3. The molecule has 7 N–H and O–H groups in total. The van der Waals surface area contributed by atoms with E-state index in [2.05, 4.69) is 43.5 Å². The van der Waals surface area contributed by atoms with E-state index in [9.17, 15) is 35.4 Å². The van der Waals surface area contributed by atoms with Gasteiger partial charge in [-0.25, -0.2) is 0 Å². The first-order valence-electron chi connectivity index (χ1n) is 22.2. The van der Waals surface area contributed by atoms with Crippen LogP contribution >= 0.6 is 0 Å². The van der Waals surface area contributed by atoms with Crippen LogP contribution in [0.4, 0.5) is 0 Å². The summed E-state index contributed by atoms with van der Waals surface area (Å²) in [5.74, 6) is -0.268. The molecule has 10 heteroatoms. The van der Waals surface area contributed by atoms with Crippen LogP contribution in [0.25, 0.3) is 0 Å². The van der Waals surface area contributed by atoms with Gasteiger partial charge in [0.2, 0.25) is 5.91 Å². The number of ether oxygens (including phenoxy) is 2. The first kappa shape index (κ1) is 50.6. The van der Waals surface area contributed by atoms with Crippen molar-refractivity contribution in [2.75, 3.05) is 13.2 Å². The molecule has 0 aromatic rings. The van der Waals surface area contributed by atoms with Crippen LogP contribution in [0.1, 0.15) is 187 Å². The van der Waals surface area contributed by atoms with Gasteiger partial charge in [-0.3, -0.25) is 4.79 Å². The average Bonchev–Trinajstić information content (AvgIpc) is 3.17. The van der Waals surface area contributed by atoms with Crippen LogP contribution in [0.2, 0.25) is 0 Å². The van der Waals surface area contributed by atoms with E-state index in [1.54, 1.807) is 0 Å². The Bertz CT molecular complexity index is 916. The monoisotopic (exact) mass is 770 g/mol. The second kappa shape index (κ2) is 34.8. The lowest BCUT2D eigenvalue weighted by molar-refractivity contribution is -0.303. The molecule has 54 heavy (non-hydrogen) atoms. The third kappa shape index (κ3) is 25.0. The van der Waals surface area contributed by atoms with E-state index in [4.69, 9.17) is 9.47 Å². The van der Waals surface area contributed by atoms with Crippen LogP contribution in [0, 0.1) is 0 Å². The fourth-order valence-electron chi connectivity index (χ4n) is 7.01. The summed E-state index contributed by atoms with van der Waals surface area (Å²) in [6, 6.07) is -0.993. The molecule has 1 aliphatic rings. The molecule has 1 rings (SSSR count). The third-order valence-electron chi connectivity index (χ3n) is 10.7. The van der Waals surface area contributed by atoms with Crippen LogP contribution in [-0.2, 0) is 14.3 Å². The van der Waals surface area contributed by atoms with Crippen LogP contribution in [-0.4, -0.2) is 98.7 Å². The number of nitrogens with one attached hydrogen (secondary N) is 1. The van der Waals surface area contributed by atoms with Gasteiger partial charge in [-0.2, -0.15) is 0 Å². The van der Waals surface area contributed by atoms with E-state index >= 15 is 0 Å². The summed E-state index contributed by atoms with van der Waals surface area (Å²) in [6.07, 6.45) is 28.9. The van der Waals surface area contributed by atoms with Crippen LogP contribution in [0.3, 0.4) is 0 Å². The molecule has 0 bridgehead atoms. The van der Waals surface area contributed by atoms with Crippen molar-refractivity contribution >= 4 is 5.91 Å². The van der Waals surface area contributed by atoms with Gasteiger partial charge in [0.25, 0.3) is 0 Å². The average molecular weight is 770 g/mol. The fraction of sp³-hybridized carbons (Fsp3) is 0.886. The maximum absolute atomic E-state index is 13.0. The molecule has 0 saturated carbocycles. The summed E-state index contributed by atoms with van der Waals surface area (Å²) in [7, 11) is 0. The molecule has 1 saturated heterocycles. The Kier molecular flexibility index (Phi) is 32.7. The van der Waals surface area contributed by atoms with Gasteiger partial charge in [0.15, 0.2) is 6.29 Å². The molecule has 0 spiro atoms. The van der Waals surface area contributed by atoms with Crippen molar-refractivity contribution in [3.8, 4) is 0 Å². The van der Waals surface area contributed by atoms with Crippen molar-refractivity contribution in [2.24, 2.45) is 0 Å². The zero-order valence-corrected chi connectivity index (χ0v) is 34.3. The van der Waals surface area contributed by atoms with E-state index in [1.807, 2.05) is 0 Å². The molecule has 1 aliphatic heterocycles. The smallest absolute Gasteiger partial charge is 0.220 e. The second-order valence-electron chi connectivity index (χ2n) is 15.7. The summed E-state index contributed by atoms with van der Waals surface area (Å²) in [5.41, 5.74) is 0. The van der Waals surface area contributed by atoms with Crippen molar-refractivity contribution in [1.29, 1.82) is 0 Å². The topological polar surface area (TPSA) is 169 Å². The highest BCUT2D eigenvalue weighted by atomic mass is 16.7.